The maximum Gasteiger partial charge on any atom is 0.308 e. The molecule has 0 N–H and O–H groups in total. The van der Waals surface area contributed by atoms with E-state index in [1.54, 1.807) is 48.5 Å². The summed E-state index contributed by atoms with van der Waals surface area (Å²) in [5.41, 5.74) is 1.03. The van der Waals surface area contributed by atoms with E-state index in [1.165, 1.54) is 6.92 Å². The molecule has 0 amide bonds. The van der Waals surface area contributed by atoms with Gasteiger partial charge in [-0.15, -0.1) is 0 Å². The first-order valence-corrected chi connectivity index (χ1v) is 7.16. The van der Waals surface area contributed by atoms with Gasteiger partial charge in [-0.3, -0.25) is 9.59 Å². The van der Waals surface area contributed by atoms with E-state index in [-0.39, 0.29) is 5.78 Å². The number of carbonyl (C=O) groups excluding carboxylic acids is 2. The molecule has 2 aromatic rings. The Morgan fingerprint density at radius 2 is 1.68 bits per heavy atom. The highest BCUT2D eigenvalue weighted by molar-refractivity contribution is 6.09. The molecule has 0 fully saturated rings. The van der Waals surface area contributed by atoms with Crippen LogP contribution in [0.5, 0.6) is 11.5 Å². The number of benzene rings is 2. The Morgan fingerprint density at radius 3 is 2.32 bits per heavy atom. The first-order valence-electron chi connectivity index (χ1n) is 7.16. The van der Waals surface area contributed by atoms with Crippen LogP contribution in [0.25, 0.3) is 0 Å². The van der Waals surface area contributed by atoms with Crippen LogP contribution in [0.3, 0.4) is 0 Å². The largest absolute Gasteiger partial charge is 0.494 e. The van der Waals surface area contributed by atoms with Crippen molar-refractivity contribution in [1.82, 2.24) is 0 Å². The summed E-state index contributed by atoms with van der Waals surface area (Å²) in [4.78, 5) is 23.4. The minimum absolute atomic E-state index is 0.129. The minimum Gasteiger partial charge on any atom is -0.494 e. The molecule has 0 aliphatic heterocycles. The van der Waals surface area contributed by atoms with Crippen LogP contribution in [-0.4, -0.2) is 18.4 Å². The number of ketones is 1. The van der Waals surface area contributed by atoms with Crippen molar-refractivity contribution < 1.29 is 19.1 Å². The Bertz CT molecular complexity index is 659. The first kappa shape index (κ1) is 15.8. The highest BCUT2D eigenvalue weighted by atomic mass is 16.5. The van der Waals surface area contributed by atoms with E-state index < -0.39 is 5.97 Å². The molecule has 0 saturated heterocycles. The summed E-state index contributed by atoms with van der Waals surface area (Å²) < 4.78 is 10.5. The third-order valence-corrected chi connectivity index (χ3v) is 2.95. The normalized spacial score (nSPS) is 10.1. The van der Waals surface area contributed by atoms with Gasteiger partial charge in [0.15, 0.2) is 5.78 Å². The summed E-state index contributed by atoms with van der Waals surface area (Å²) in [5.74, 6) is 0.561. The van der Waals surface area contributed by atoms with Gasteiger partial charge in [-0.1, -0.05) is 19.1 Å². The van der Waals surface area contributed by atoms with Gasteiger partial charge >= 0.3 is 5.97 Å². The standard InChI is InChI=1S/C18H18O4/c1-3-11-21-16-9-7-14(8-10-16)18(20)15-5-4-6-17(12-15)22-13(2)19/h4-10,12H,3,11H2,1-2H3. The molecule has 0 atom stereocenters. The van der Waals surface area contributed by atoms with Gasteiger partial charge in [-0.05, 0) is 42.8 Å². The maximum atomic E-state index is 12.4. The highest BCUT2D eigenvalue weighted by Crippen LogP contribution is 2.19. The van der Waals surface area contributed by atoms with E-state index in [4.69, 9.17) is 9.47 Å². The van der Waals surface area contributed by atoms with Gasteiger partial charge < -0.3 is 9.47 Å². The second-order valence-electron chi connectivity index (χ2n) is 4.82. The Labute approximate surface area is 129 Å². The summed E-state index contributed by atoms with van der Waals surface area (Å²) >= 11 is 0. The molecular weight excluding hydrogens is 280 g/mol. The van der Waals surface area contributed by atoms with Crippen molar-refractivity contribution >= 4 is 11.8 Å². The number of hydrogen-bond acceptors (Lipinski definition) is 4. The predicted octanol–water partition coefficient (Wildman–Crippen LogP) is 3.63. The van der Waals surface area contributed by atoms with E-state index in [2.05, 4.69) is 0 Å². The Balaban J connectivity index is 2.15. The summed E-state index contributed by atoms with van der Waals surface area (Å²) in [6.45, 7) is 4.01. The van der Waals surface area contributed by atoms with Gasteiger partial charge in [0.1, 0.15) is 11.5 Å². The molecule has 0 aromatic heterocycles. The van der Waals surface area contributed by atoms with E-state index in [0.29, 0.717) is 23.5 Å². The molecule has 4 heteroatoms. The second kappa shape index (κ2) is 7.41. The van der Waals surface area contributed by atoms with Gasteiger partial charge in [0.05, 0.1) is 6.61 Å². The van der Waals surface area contributed by atoms with Gasteiger partial charge in [0, 0.05) is 18.1 Å². The van der Waals surface area contributed by atoms with Crippen LogP contribution in [0, 0.1) is 0 Å². The van der Waals surface area contributed by atoms with Crippen LogP contribution in [0.2, 0.25) is 0 Å². The third-order valence-electron chi connectivity index (χ3n) is 2.95. The topological polar surface area (TPSA) is 52.6 Å². The number of carbonyl (C=O) groups is 2. The van der Waals surface area contributed by atoms with Crippen molar-refractivity contribution in [3.63, 3.8) is 0 Å². The molecule has 0 aliphatic rings. The molecule has 114 valence electrons. The van der Waals surface area contributed by atoms with Crippen LogP contribution in [0.1, 0.15) is 36.2 Å². The second-order valence-corrected chi connectivity index (χ2v) is 4.82. The van der Waals surface area contributed by atoms with Gasteiger partial charge in [-0.2, -0.15) is 0 Å². The van der Waals surface area contributed by atoms with Crippen LogP contribution in [0.4, 0.5) is 0 Å². The molecular formula is C18H18O4. The minimum atomic E-state index is -0.415. The molecule has 0 heterocycles. The maximum absolute atomic E-state index is 12.4. The Hall–Kier alpha value is -2.62. The van der Waals surface area contributed by atoms with Gasteiger partial charge in [-0.25, -0.2) is 0 Å². The molecule has 2 aromatic carbocycles. The Kier molecular flexibility index (Phi) is 5.31. The molecule has 0 radical (unpaired) electrons. The molecule has 0 aliphatic carbocycles. The molecule has 22 heavy (non-hydrogen) atoms. The summed E-state index contributed by atoms with van der Waals surface area (Å²) in [5, 5.41) is 0. The van der Waals surface area contributed by atoms with E-state index >= 15 is 0 Å². The molecule has 4 nitrogen and oxygen atoms in total. The lowest BCUT2D eigenvalue weighted by Crippen LogP contribution is -2.05. The van der Waals surface area contributed by atoms with E-state index in [0.717, 1.165) is 12.2 Å². The monoisotopic (exact) mass is 298 g/mol. The van der Waals surface area contributed by atoms with Crippen molar-refractivity contribution in [1.29, 1.82) is 0 Å². The number of hydrogen-bond donors (Lipinski definition) is 0. The lowest BCUT2D eigenvalue weighted by Gasteiger charge is -2.07. The fourth-order valence-corrected chi connectivity index (χ4v) is 1.96. The summed E-state index contributed by atoms with van der Waals surface area (Å²) in [6, 6.07) is 13.6. The molecule has 2 rings (SSSR count). The van der Waals surface area contributed by atoms with Crippen LogP contribution < -0.4 is 9.47 Å². The van der Waals surface area contributed by atoms with Crippen molar-refractivity contribution in [3.05, 3.63) is 59.7 Å². The SMILES string of the molecule is CCCOc1ccc(C(=O)c2cccc(OC(C)=O)c2)cc1. The van der Waals surface area contributed by atoms with Gasteiger partial charge in [0.25, 0.3) is 0 Å². The van der Waals surface area contributed by atoms with Crippen molar-refractivity contribution in [3.8, 4) is 11.5 Å². The van der Waals surface area contributed by atoms with Crippen molar-refractivity contribution in [2.45, 2.75) is 20.3 Å². The highest BCUT2D eigenvalue weighted by Gasteiger charge is 2.10. The molecule has 0 spiro atoms. The first-order chi connectivity index (χ1) is 10.6. The fourth-order valence-electron chi connectivity index (χ4n) is 1.96. The zero-order valence-electron chi connectivity index (χ0n) is 12.7. The fraction of sp³-hybridized carbons (Fsp3) is 0.222. The smallest absolute Gasteiger partial charge is 0.308 e. The number of ether oxygens (including phenoxy) is 2. The zero-order valence-corrected chi connectivity index (χ0v) is 12.7. The van der Waals surface area contributed by atoms with E-state index in [9.17, 15) is 9.59 Å². The quantitative estimate of drug-likeness (QED) is 0.464. The lowest BCUT2D eigenvalue weighted by molar-refractivity contribution is -0.131. The van der Waals surface area contributed by atoms with E-state index in [1.807, 2.05) is 6.92 Å². The van der Waals surface area contributed by atoms with Crippen LogP contribution in [-0.2, 0) is 4.79 Å². The van der Waals surface area contributed by atoms with Gasteiger partial charge in [0.2, 0.25) is 0 Å². The molecule has 0 saturated carbocycles. The molecule has 0 unspecified atom stereocenters. The van der Waals surface area contributed by atoms with Crippen LogP contribution >= 0.6 is 0 Å². The van der Waals surface area contributed by atoms with Crippen molar-refractivity contribution in [2.24, 2.45) is 0 Å². The zero-order chi connectivity index (χ0) is 15.9. The lowest BCUT2D eigenvalue weighted by atomic mass is 10.0. The summed E-state index contributed by atoms with van der Waals surface area (Å²) in [7, 11) is 0. The third kappa shape index (κ3) is 4.19. The number of esters is 1. The number of rotatable bonds is 6. The molecule has 0 bridgehead atoms. The average Bonchev–Trinajstić information content (AvgIpc) is 2.52. The predicted molar refractivity (Wildman–Crippen MR) is 83.4 cm³/mol. The summed E-state index contributed by atoms with van der Waals surface area (Å²) in [6.07, 6.45) is 0.934. The van der Waals surface area contributed by atoms with Crippen molar-refractivity contribution in [2.75, 3.05) is 6.61 Å². The average molecular weight is 298 g/mol. The Morgan fingerprint density at radius 1 is 0.955 bits per heavy atom. The van der Waals surface area contributed by atoms with Crippen LogP contribution in [0.15, 0.2) is 48.5 Å².